The molecule has 148 valence electrons. The van der Waals surface area contributed by atoms with E-state index in [9.17, 15) is 0 Å². The lowest BCUT2D eigenvalue weighted by Gasteiger charge is -2.05. The summed E-state index contributed by atoms with van der Waals surface area (Å²) >= 11 is 0. The van der Waals surface area contributed by atoms with Crippen molar-refractivity contribution in [3.8, 4) is 11.5 Å². The van der Waals surface area contributed by atoms with Crippen molar-refractivity contribution in [3.05, 3.63) is 83.5 Å². The van der Waals surface area contributed by atoms with Gasteiger partial charge in [-0.15, -0.1) is 0 Å². The van der Waals surface area contributed by atoms with Gasteiger partial charge in [0, 0.05) is 7.11 Å². The first-order valence-electron chi connectivity index (χ1n) is 9.86. The Labute approximate surface area is 168 Å². The molecule has 0 aromatic heterocycles. The molecule has 1 fully saturated rings. The number of allylic oxidation sites excluding steroid dienone is 3. The van der Waals surface area contributed by atoms with Gasteiger partial charge >= 0.3 is 0 Å². The van der Waals surface area contributed by atoms with Crippen LogP contribution in [-0.2, 0) is 4.74 Å². The number of hydrogen-bond acceptors (Lipinski definition) is 3. The number of ether oxygens (including phenoxy) is 3. The minimum Gasteiger partial charge on any atom is -0.497 e. The fraction of sp³-hybridized carbons (Fsp3) is 0.360. The second kappa shape index (κ2) is 9.61. The molecule has 2 aromatic carbocycles. The van der Waals surface area contributed by atoms with E-state index in [4.69, 9.17) is 14.2 Å². The van der Waals surface area contributed by atoms with Gasteiger partial charge in [-0.1, -0.05) is 49.4 Å². The molecule has 28 heavy (non-hydrogen) atoms. The molecule has 1 saturated carbocycles. The molecular formula is C25H30O3. The van der Waals surface area contributed by atoms with Crippen molar-refractivity contribution in [3.63, 3.8) is 0 Å². The second-order valence-electron chi connectivity index (χ2n) is 7.10. The SMILES string of the molecule is CC/C=C\C(=C/COC)C1C(c2cccc(OC)c2)C1c1cccc(OC)c1. The van der Waals surface area contributed by atoms with Gasteiger partial charge < -0.3 is 14.2 Å². The quantitative estimate of drug-likeness (QED) is 0.521. The minimum absolute atomic E-state index is 0.409. The van der Waals surface area contributed by atoms with Gasteiger partial charge in [0.1, 0.15) is 11.5 Å². The molecule has 2 aromatic rings. The lowest BCUT2D eigenvalue weighted by molar-refractivity contribution is 0.233. The molecular weight excluding hydrogens is 348 g/mol. The highest BCUT2D eigenvalue weighted by Crippen LogP contribution is 2.64. The third kappa shape index (κ3) is 4.48. The highest BCUT2D eigenvalue weighted by Gasteiger charge is 2.52. The van der Waals surface area contributed by atoms with Crippen LogP contribution in [0.25, 0.3) is 0 Å². The van der Waals surface area contributed by atoms with E-state index in [1.54, 1.807) is 21.3 Å². The van der Waals surface area contributed by atoms with Crippen LogP contribution in [0.3, 0.4) is 0 Å². The molecule has 3 heteroatoms. The number of hydrogen-bond donors (Lipinski definition) is 0. The van der Waals surface area contributed by atoms with Crippen molar-refractivity contribution < 1.29 is 14.2 Å². The van der Waals surface area contributed by atoms with E-state index in [0.717, 1.165) is 17.9 Å². The van der Waals surface area contributed by atoms with Crippen LogP contribution in [0.5, 0.6) is 11.5 Å². The van der Waals surface area contributed by atoms with Gasteiger partial charge in [0.25, 0.3) is 0 Å². The predicted molar refractivity (Wildman–Crippen MR) is 114 cm³/mol. The largest absolute Gasteiger partial charge is 0.497 e. The summed E-state index contributed by atoms with van der Waals surface area (Å²) in [5.41, 5.74) is 3.96. The lowest BCUT2D eigenvalue weighted by Crippen LogP contribution is -1.92. The van der Waals surface area contributed by atoms with Crippen LogP contribution in [-0.4, -0.2) is 27.9 Å². The Hall–Kier alpha value is -2.52. The Bertz CT molecular complexity index is 784. The molecule has 0 amide bonds. The standard InChI is InChI=1S/C25H30O3/c1-5-6-9-18(14-15-26-2)23-24(19-10-7-12-21(16-19)27-3)25(23)20-11-8-13-22(17-20)28-4/h6-14,16-17,23-25H,5,15H2,1-4H3/b9-6-,18-14+. The third-order valence-corrected chi connectivity index (χ3v) is 5.39. The van der Waals surface area contributed by atoms with Crippen LogP contribution >= 0.6 is 0 Å². The van der Waals surface area contributed by atoms with Crippen LogP contribution in [0, 0.1) is 5.92 Å². The van der Waals surface area contributed by atoms with E-state index in [0.29, 0.717) is 24.4 Å². The summed E-state index contributed by atoms with van der Waals surface area (Å²) in [5.74, 6) is 3.04. The average molecular weight is 379 g/mol. The summed E-state index contributed by atoms with van der Waals surface area (Å²) in [6.07, 6.45) is 7.72. The zero-order valence-corrected chi connectivity index (χ0v) is 17.2. The van der Waals surface area contributed by atoms with Crippen molar-refractivity contribution in [2.75, 3.05) is 27.9 Å². The molecule has 3 rings (SSSR count). The van der Waals surface area contributed by atoms with Crippen molar-refractivity contribution in [1.82, 2.24) is 0 Å². The van der Waals surface area contributed by atoms with E-state index < -0.39 is 0 Å². The monoisotopic (exact) mass is 378 g/mol. The molecule has 3 nitrogen and oxygen atoms in total. The molecule has 1 aliphatic rings. The van der Waals surface area contributed by atoms with Gasteiger partial charge in [0.15, 0.2) is 0 Å². The van der Waals surface area contributed by atoms with Gasteiger partial charge in [-0.3, -0.25) is 0 Å². The van der Waals surface area contributed by atoms with Crippen molar-refractivity contribution >= 4 is 0 Å². The normalized spacial score (nSPS) is 21.7. The van der Waals surface area contributed by atoms with E-state index >= 15 is 0 Å². The van der Waals surface area contributed by atoms with Crippen LogP contribution in [0.2, 0.25) is 0 Å². The topological polar surface area (TPSA) is 27.7 Å². The molecule has 0 radical (unpaired) electrons. The first kappa shape index (κ1) is 20.2. The van der Waals surface area contributed by atoms with Gasteiger partial charge in [0.05, 0.1) is 20.8 Å². The zero-order chi connectivity index (χ0) is 19.9. The summed E-state index contributed by atoms with van der Waals surface area (Å²) in [7, 11) is 5.18. The van der Waals surface area contributed by atoms with E-state index in [-0.39, 0.29) is 0 Å². The summed E-state index contributed by atoms with van der Waals surface area (Å²) in [6.45, 7) is 2.78. The molecule has 0 spiro atoms. The van der Waals surface area contributed by atoms with Crippen LogP contribution < -0.4 is 9.47 Å². The summed E-state index contributed by atoms with van der Waals surface area (Å²) in [6, 6.07) is 16.9. The summed E-state index contributed by atoms with van der Waals surface area (Å²) in [5, 5.41) is 0. The van der Waals surface area contributed by atoms with Gasteiger partial charge in [0.2, 0.25) is 0 Å². The maximum atomic E-state index is 5.47. The molecule has 1 aliphatic carbocycles. The fourth-order valence-corrected chi connectivity index (χ4v) is 4.00. The van der Waals surface area contributed by atoms with Crippen LogP contribution in [0.15, 0.2) is 72.3 Å². The zero-order valence-electron chi connectivity index (χ0n) is 17.2. The van der Waals surface area contributed by atoms with Gasteiger partial charge in [-0.05, 0) is 65.1 Å². The number of methoxy groups -OCH3 is 3. The Balaban J connectivity index is 2.01. The van der Waals surface area contributed by atoms with Gasteiger partial charge in [-0.2, -0.15) is 0 Å². The first-order valence-corrected chi connectivity index (χ1v) is 9.86. The Morgan fingerprint density at radius 2 is 1.46 bits per heavy atom. The summed E-state index contributed by atoms with van der Waals surface area (Å²) < 4.78 is 16.3. The minimum atomic E-state index is 0.409. The molecule has 2 unspecified atom stereocenters. The first-order chi connectivity index (χ1) is 13.7. The van der Waals surface area contributed by atoms with Crippen LogP contribution in [0.4, 0.5) is 0 Å². The lowest BCUT2D eigenvalue weighted by atomic mass is 10.0. The molecule has 0 N–H and O–H groups in total. The number of rotatable bonds is 9. The molecule has 0 aliphatic heterocycles. The fourth-order valence-electron chi connectivity index (χ4n) is 4.00. The predicted octanol–water partition coefficient (Wildman–Crippen LogP) is 5.74. The highest BCUT2D eigenvalue weighted by atomic mass is 16.5. The maximum Gasteiger partial charge on any atom is 0.119 e. The molecule has 0 saturated heterocycles. The molecule has 0 bridgehead atoms. The van der Waals surface area contributed by atoms with E-state index in [1.807, 2.05) is 12.1 Å². The van der Waals surface area contributed by atoms with Crippen molar-refractivity contribution in [2.24, 2.45) is 5.92 Å². The molecule has 0 heterocycles. The Morgan fingerprint density at radius 1 is 0.893 bits per heavy atom. The van der Waals surface area contributed by atoms with E-state index in [1.165, 1.54) is 16.7 Å². The smallest absolute Gasteiger partial charge is 0.119 e. The third-order valence-electron chi connectivity index (χ3n) is 5.39. The maximum absolute atomic E-state index is 5.47. The van der Waals surface area contributed by atoms with Gasteiger partial charge in [-0.25, -0.2) is 0 Å². The molecule has 2 atom stereocenters. The Kier molecular flexibility index (Phi) is 6.94. The highest BCUT2D eigenvalue weighted by molar-refractivity contribution is 5.49. The van der Waals surface area contributed by atoms with E-state index in [2.05, 4.69) is 61.5 Å². The van der Waals surface area contributed by atoms with Crippen molar-refractivity contribution in [2.45, 2.75) is 25.2 Å². The van der Waals surface area contributed by atoms with Crippen molar-refractivity contribution in [1.29, 1.82) is 0 Å². The van der Waals surface area contributed by atoms with Crippen LogP contribution in [0.1, 0.15) is 36.3 Å². The average Bonchev–Trinajstić information content (AvgIpc) is 3.49. The number of benzene rings is 2. The Morgan fingerprint density at radius 3 is 1.93 bits per heavy atom. The summed E-state index contributed by atoms with van der Waals surface area (Å²) in [4.78, 5) is 0. The second-order valence-corrected chi connectivity index (χ2v) is 7.10.